The highest BCUT2D eigenvalue weighted by Crippen LogP contribution is 2.31. The van der Waals surface area contributed by atoms with Crippen molar-refractivity contribution >= 4 is 23.2 Å². The Bertz CT molecular complexity index is 559. The number of carboxylic acids is 1. The Morgan fingerprint density at radius 3 is 2.55 bits per heavy atom. The van der Waals surface area contributed by atoms with E-state index in [0.29, 0.717) is 24.2 Å². The lowest BCUT2D eigenvalue weighted by molar-refractivity contribution is -0.143. The summed E-state index contributed by atoms with van der Waals surface area (Å²) in [5.74, 6) is -2.47. The zero-order valence-electron chi connectivity index (χ0n) is 11.5. The molecule has 1 amide bonds. The zero-order chi connectivity index (χ0) is 16.3. The van der Waals surface area contributed by atoms with Gasteiger partial charge in [-0.05, 0) is 12.8 Å². The Labute approximate surface area is 128 Å². The number of aromatic nitrogens is 1. The molecule has 1 heterocycles. The van der Waals surface area contributed by atoms with Crippen molar-refractivity contribution in [3.63, 3.8) is 0 Å². The normalized spacial score (nSPS) is 22.9. The minimum atomic E-state index is -4.59. The van der Waals surface area contributed by atoms with Crippen LogP contribution >= 0.6 is 11.3 Å². The summed E-state index contributed by atoms with van der Waals surface area (Å²) in [6, 6.07) is -0.580. The predicted molar refractivity (Wildman–Crippen MR) is 72.6 cm³/mol. The highest BCUT2D eigenvalue weighted by molar-refractivity contribution is 7.09. The number of amides is 1. The summed E-state index contributed by atoms with van der Waals surface area (Å²) in [6.45, 7) is 0. The fraction of sp³-hybridized carbons (Fsp3) is 0.615. The van der Waals surface area contributed by atoms with Gasteiger partial charge in [0, 0.05) is 11.4 Å². The Morgan fingerprint density at radius 1 is 1.27 bits per heavy atom. The second-order valence-electron chi connectivity index (χ2n) is 5.20. The van der Waals surface area contributed by atoms with E-state index in [1.165, 1.54) is 0 Å². The van der Waals surface area contributed by atoms with E-state index < -0.39 is 35.0 Å². The van der Waals surface area contributed by atoms with Crippen molar-refractivity contribution in [1.82, 2.24) is 10.3 Å². The summed E-state index contributed by atoms with van der Waals surface area (Å²) in [7, 11) is 0. The molecule has 2 rings (SSSR count). The molecular formula is C13H15F3N2O3S. The molecule has 1 aliphatic carbocycles. The van der Waals surface area contributed by atoms with Crippen LogP contribution in [-0.2, 0) is 11.0 Å². The molecule has 1 saturated carbocycles. The second kappa shape index (κ2) is 6.64. The number of carboxylic acid groups (broad SMARTS) is 1. The van der Waals surface area contributed by atoms with E-state index in [0.717, 1.165) is 24.6 Å². The van der Waals surface area contributed by atoms with Gasteiger partial charge in [-0.2, -0.15) is 13.2 Å². The summed E-state index contributed by atoms with van der Waals surface area (Å²) in [5, 5.41) is 11.7. The van der Waals surface area contributed by atoms with Crippen molar-refractivity contribution in [2.24, 2.45) is 5.92 Å². The maximum Gasteiger partial charge on any atom is 0.443 e. The first-order chi connectivity index (χ1) is 10.3. The summed E-state index contributed by atoms with van der Waals surface area (Å²) >= 11 is 0.345. The number of halogens is 3. The summed E-state index contributed by atoms with van der Waals surface area (Å²) in [5.41, 5.74) is -0.328. The third-order valence-corrected chi connectivity index (χ3v) is 4.52. The fourth-order valence-corrected chi connectivity index (χ4v) is 3.19. The molecule has 0 aromatic carbocycles. The Balaban J connectivity index is 2.09. The van der Waals surface area contributed by atoms with Gasteiger partial charge < -0.3 is 10.4 Å². The molecule has 0 unspecified atom stereocenters. The predicted octanol–water partition coefficient (Wildman–Crippen LogP) is 2.93. The quantitative estimate of drug-likeness (QED) is 0.832. The molecule has 1 aromatic heterocycles. The molecule has 1 aromatic rings. The van der Waals surface area contributed by atoms with E-state index in [9.17, 15) is 27.9 Å². The van der Waals surface area contributed by atoms with E-state index in [1.54, 1.807) is 0 Å². The molecule has 2 atom stereocenters. The van der Waals surface area contributed by atoms with Crippen LogP contribution in [0.15, 0.2) is 5.38 Å². The van der Waals surface area contributed by atoms with Gasteiger partial charge in [0.2, 0.25) is 0 Å². The van der Waals surface area contributed by atoms with Gasteiger partial charge in [-0.3, -0.25) is 9.59 Å². The number of hydrogen-bond acceptors (Lipinski definition) is 4. The highest BCUT2D eigenvalue weighted by Gasteiger charge is 2.36. The molecule has 22 heavy (non-hydrogen) atoms. The average molecular weight is 336 g/mol. The molecule has 1 aliphatic rings. The Kier molecular flexibility index (Phi) is 5.05. The van der Waals surface area contributed by atoms with Crippen LogP contribution in [0.3, 0.4) is 0 Å². The van der Waals surface area contributed by atoms with E-state index in [4.69, 9.17) is 0 Å². The first kappa shape index (κ1) is 16.7. The van der Waals surface area contributed by atoms with Crippen LogP contribution < -0.4 is 5.32 Å². The summed E-state index contributed by atoms with van der Waals surface area (Å²) in [6.07, 6.45) is -1.22. The van der Waals surface area contributed by atoms with Crippen LogP contribution in [-0.4, -0.2) is 28.0 Å². The molecule has 2 N–H and O–H groups in total. The summed E-state index contributed by atoms with van der Waals surface area (Å²) < 4.78 is 37.4. The standard InChI is InChI=1S/C13H15F3N2O3S/c14-13(15,16)12-18-9(6-22-12)10(19)17-8-5-3-1-2-4-7(8)11(20)21/h6-8H,1-5H2,(H,17,19)(H,20,21)/t7-,8+/m1/s1. The largest absolute Gasteiger partial charge is 0.481 e. The number of carbonyl (C=O) groups is 2. The van der Waals surface area contributed by atoms with Gasteiger partial charge in [0.1, 0.15) is 5.69 Å². The van der Waals surface area contributed by atoms with E-state index in [-0.39, 0.29) is 5.69 Å². The van der Waals surface area contributed by atoms with Crippen molar-refractivity contribution in [1.29, 1.82) is 0 Å². The third-order valence-electron chi connectivity index (χ3n) is 3.63. The Morgan fingerprint density at radius 2 is 1.95 bits per heavy atom. The van der Waals surface area contributed by atoms with Crippen molar-refractivity contribution < 1.29 is 27.9 Å². The van der Waals surface area contributed by atoms with Gasteiger partial charge in [-0.1, -0.05) is 19.3 Å². The number of alkyl halides is 3. The molecule has 0 radical (unpaired) electrons. The number of aliphatic carboxylic acids is 1. The van der Waals surface area contributed by atoms with Crippen LogP contribution in [0.1, 0.15) is 47.6 Å². The second-order valence-corrected chi connectivity index (χ2v) is 6.06. The number of thiazole rings is 1. The fourth-order valence-electron chi connectivity index (χ4n) is 2.53. The number of carbonyl (C=O) groups excluding carboxylic acids is 1. The van der Waals surface area contributed by atoms with E-state index in [2.05, 4.69) is 10.3 Å². The maximum atomic E-state index is 12.5. The SMILES string of the molecule is O=C(N[C@H]1CCCCC[C@H]1C(=O)O)c1csc(C(F)(F)F)n1. The van der Waals surface area contributed by atoms with Crippen molar-refractivity contribution in [3.8, 4) is 0 Å². The summed E-state index contributed by atoms with van der Waals surface area (Å²) in [4.78, 5) is 26.5. The average Bonchev–Trinajstić information content (AvgIpc) is 2.81. The van der Waals surface area contributed by atoms with Crippen molar-refractivity contribution in [2.75, 3.05) is 0 Å². The molecule has 5 nitrogen and oxygen atoms in total. The molecular weight excluding hydrogens is 321 g/mol. The van der Waals surface area contributed by atoms with Gasteiger partial charge in [0.05, 0.1) is 5.92 Å². The molecule has 0 spiro atoms. The van der Waals surface area contributed by atoms with Crippen molar-refractivity contribution in [3.05, 3.63) is 16.1 Å². The lowest BCUT2D eigenvalue weighted by Gasteiger charge is -2.22. The smallest absolute Gasteiger partial charge is 0.443 e. The van der Waals surface area contributed by atoms with Crippen LogP contribution in [0, 0.1) is 5.92 Å². The Hall–Kier alpha value is -1.64. The minimum Gasteiger partial charge on any atom is -0.481 e. The van der Waals surface area contributed by atoms with E-state index >= 15 is 0 Å². The number of hydrogen-bond donors (Lipinski definition) is 2. The van der Waals surface area contributed by atoms with Crippen LogP contribution in [0.25, 0.3) is 0 Å². The maximum absolute atomic E-state index is 12.5. The van der Waals surface area contributed by atoms with E-state index in [1.807, 2.05) is 0 Å². The lowest BCUT2D eigenvalue weighted by atomic mass is 9.95. The molecule has 0 aliphatic heterocycles. The molecule has 122 valence electrons. The van der Waals surface area contributed by atoms with Crippen LogP contribution in [0.2, 0.25) is 0 Å². The van der Waals surface area contributed by atoms with Gasteiger partial charge in [0.15, 0.2) is 5.01 Å². The number of nitrogens with one attached hydrogen (secondary N) is 1. The van der Waals surface area contributed by atoms with Crippen molar-refractivity contribution in [2.45, 2.75) is 44.3 Å². The molecule has 0 bridgehead atoms. The first-order valence-corrected chi connectivity index (χ1v) is 7.73. The minimum absolute atomic E-state index is 0.328. The van der Waals surface area contributed by atoms with Gasteiger partial charge >= 0.3 is 12.1 Å². The van der Waals surface area contributed by atoms with Crippen LogP contribution in [0.5, 0.6) is 0 Å². The highest BCUT2D eigenvalue weighted by atomic mass is 32.1. The number of nitrogens with zero attached hydrogens (tertiary/aromatic N) is 1. The number of rotatable bonds is 3. The monoisotopic (exact) mass is 336 g/mol. The van der Waals surface area contributed by atoms with Gasteiger partial charge in [0.25, 0.3) is 5.91 Å². The van der Waals surface area contributed by atoms with Gasteiger partial charge in [-0.25, -0.2) is 4.98 Å². The zero-order valence-corrected chi connectivity index (χ0v) is 12.3. The lowest BCUT2D eigenvalue weighted by Crippen LogP contribution is -2.43. The third kappa shape index (κ3) is 3.96. The molecule has 0 saturated heterocycles. The molecule has 1 fully saturated rings. The molecule has 9 heteroatoms. The van der Waals surface area contributed by atoms with Gasteiger partial charge in [-0.15, -0.1) is 11.3 Å². The topological polar surface area (TPSA) is 79.3 Å². The van der Waals surface area contributed by atoms with Crippen LogP contribution in [0.4, 0.5) is 13.2 Å². The first-order valence-electron chi connectivity index (χ1n) is 6.85.